The number of rotatable bonds is 3. The minimum absolute atomic E-state index is 0.252. The molecule has 0 aliphatic carbocycles. The van der Waals surface area contributed by atoms with Crippen LogP contribution in [-0.4, -0.2) is 21.1 Å². The molecule has 0 aliphatic heterocycles. The van der Waals surface area contributed by atoms with E-state index >= 15 is 0 Å². The first-order valence-corrected chi connectivity index (χ1v) is 6.87. The molecule has 0 saturated heterocycles. The normalized spacial score (nSPS) is 10.8. The van der Waals surface area contributed by atoms with Gasteiger partial charge in [0.1, 0.15) is 10.7 Å². The predicted molar refractivity (Wildman–Crippen MR) is 75.7 cm³/mol. The summed E-state index contributed by atoms with van der Waals surface area (Å²) in [5.41, 5.74) is 2.24. The third-order valence-electron chi connectivity index (χ3n) is 2.49. The van der Waals surface area contributed by atoms with Gasteiger partial charge in [-0.1, -0.05) is 25.2 Å². The molecule has 0 aromatic carbocycles. The second kappa shape index (κ2) is 5.44. The van der Waals surface area contributed by atoms with Crippen LogP contribution in [0.1, 0.15) is 46.5 Å². The van der Waals surface area contributed by atoms with Crippen molar-refractivity contribution in [2.24, 2.45) is 0 Å². The second-order valence-electron chi connectivity index (χ2n) is 4.73. The average molecular weight is 276 g/mol. The number of aromatic nitrogens is 3. The van der Waals surface area contributed by atoms with E-state index < -0.39 is 0 Å². The molecule has 0 atom stereocenters. The fourth-order valence-electron chi connectivity index (χ4n) is 1.64. The monoisotopic (exact) mass is 276 g/mol. The van der Waals surface area contributed by atoms with Crippen LogP contribution < -0.4 is 5.32 Å². The van der Waals surface area contributed by atoms with Gasteiger partial charge in [-0.2, -0.15) is 0 Å². The first-order chi connectivity index (χ1) is 8.95. The van der Waals surface area contributed by atoms with Crippen molar-refractivity contribution in [1.29, 1.82) is 0 Å². The Bertz CT molecular complexity index is 586. The Morgan fingerprint density at radius 1 is 1.26 bits per heavy atom. The fraction of sp³-hybridized carbons (Fsp3) is 0.385. The lowest BCUT2D eigenvalue weighted by Gasteiger charge is -2.03. The molecule has 0 bridgehead atoms. The van der Waals surface area contributed by atoms with Crippen LogP contribution >= 0.6 is 11.3 Å². The lowest BCUT2D eigenvalue weighted by Crippen LogP contribution is -2.14. The maximum Gasteiger partial charge on any atom is 0.276 e. The van der Waals surface area contributed by atoms with Gasteiger partial charge in [0, 0.05) is 11.6 Å². The molecule has 19 heavy (non-hydrogen) atoms. The van der Waals surface area contributed by atoms with E-state index in [0.717, 1.165) is 16.3 Å². The molecule has 6 heteroatoms. The van der Waals surface area contributed by atoms with Crippen LogP contribution in [-0.2, 0) is 0 Å². The van der Waals surface area contributed by atoms with Crippen molar-refractivity contribution in [2.75, 3.05) is 5.32 Å². The first-order valence-electron chi connectivity index (χ1n) is 6.05. The Morgan fingerprint density at radius 2 is 2.00 bits per heavy atom. The molecule has 2 rings (SSSR count). The van der Waals surface area contributed by atoms with E-state index in [2.05, 4.69) is 20.5 Å². The molecule has 0 saturated carbocycles. The van der Waals surface area contributed by atoms with Crippen LogP contribution in [0, 0.1) is 13.8 Å². The summed E-state index contributed by atoms with van der Waals surface area (Å²) in [6.45, 7) is 7.88. The summed E-state index contributed by atoms with van der Waals surface area (Å²) in [4.78, 5) is 16.3. The number of hydrogen-bond donors (Lipinski definition) is 1. The van der Waals surface area contributed by atoms with E-state index in [4.69, 9.17) is 0 Å². The standard InChI is InChI=1S/C13H16N4OS/c1-7(2)12-16-17-13(19-12)15-11(18)10-6-8(3)5-9(4)14-10/h5-7H,1-4H3,(H,15,17,18). The minimum atomic E-state index is -0.252. The Kier molecular flexibility index (Phi) is 3.90. The molecule has 2 heterocycles. The van der Waals surface area contributed by atoms with Crippen LogP contribution in [0.5, 0.6) is 0 Å². The highest BCUT2D eigenvalue weighted by atomic mass is 32.1. The van der Waals surface area contributed by atoms with Gasteiger partial charge >= 0.3 is 0 Å². The maximum absolute atomic E-state index is 12.1. The number of carbonyl (C=O) groups is 1. The van der Waals surface area contributed by atoms with E-state index in [0.29, 0.717) is 16.7 Å². The van der Waals surface area contributed by atoms with Gasteiger partial charge in [-0.25, -0.2) is 4.98 Å². The van der Waals surface area contributed by atoms with Gasteiger partial charge in [0.15, 0.2) is 0 Å². The van der Waals surface area contributed by atoms with Gasteiger partial charge in [-0.15, -0.1) is 10.2 Å². The zero-order valence-corrected chi connectivity index (χ0v) is 12.2. The fourth-order valence-corrected chi connectivity index (χ4v) is 2.38. The molecule has 1 N–H and O–H groups in total. The van der Waals surface area contributed by atoms with Crippen LogP contribution in [0.3, 0.4) is 0 Å². The highest BCUT2D eigenvalue weighted by Crippen LogP contribution is 2.22. The van der Waals surface area contributed by atoms with Crippen LogP contribution in [0.25, 0.3) is 0 Å². The summed E-state index contributed by atoms with van der Waals surface area (Å²) < 4.78 is 0. The lowest BCUT2D eigenvalue weighted by molar-refractivity contribution is 0.102. The Hall–Kier alpha value is -1.82. The molecule has 0 aliphatic rings. The van der Waals surface area contributed by atoms with E-state index in [-0.39, 0.29) is 5.91 Å². The van der Waals surface area contributed by atoms with Gasteiger partial charge in [0.25, 0.3) is 5.91 Å². The molecule has 5 nitrogen and oxygen atoms in total. The number of hydrogen-bond acceptors (Lipinski definition) is 5. The van der Waals surface area contributed by atoms with Gasteiger partial charge in [0.05, 0.1) is 0 Å². The average Bonchev–Trinajstić information content (AvgIpc) is 2.76. The van der Waals surface area contributed by atoms with Crippen molar-refractivity contribution >= 4 is 22.4 Å². The van der Waals surface area contributed by atoms with Gasteiger partial charge in [-0.3, -0.25) is 10.1 Å². The number of nitrogens with one attached hydrogen (secondary N) is 1. The molecule has 0 radical (unpaired) electrons. The molecule has 1 amide bonds. The van der Waals surface area contributed by atoms with Crippen molar-refractivity contribution in [2.45, 2.75) is 33.6 Å². The molecular weight excluding hydrogens is 260 g/mol. The topological polar surface area (TPSA) is 67.8 Å². The number of carbonyl (C=O) groups excluding carboxylic acids is 1. The number of nitrogens with zero attached hydrogens (tertiary/aromatic N) is 3. The summed E-state index contributed by atoms with van der Waals surface area (Å²) in [6.07, 6.45) is 0. The van der Waals surface area contributed by atoms with Crippen molar-refractivity contribution in [1.82, 2.24) is 15.2 Å². The third-order valence-corrected chi connectivity index (χ3v) is 3.62. The van der Waals surface area contributed by atoms with Gasteiger partial charge < -0.3 is 0 Å². The summed E-state index contributed by atoms with van der Waals surface area (Å²) in [5.74, 6) is 0.0562. The second-order valence-corrected chi connectivity index (χ2v) is 5.73. The number of anilines is 1. The number of pyridine rings is 1. The smallest absolute Gasteiger partial charge is 0.276 e. The van der Waals surface area contributed by atoms with Crippen LogP contribution in [0.4, 0.5) is 5.13 Å². The Morgan fingerprint density at radius 3 is 2.58 bits per heavy atom. The minimum Gasteiger partial charge on any atom is -0.295 e. The molecular formula is C13H16N4OS. The Balaban J connectivity index is 2.15. The van der Waals surface area contributed by atoms with E-state index in [1.807, 2.05) is 33.8 Å². The summed E-state index contributed by atoms with van der Waals surface area (Å²) >= 11 is 1.39. The molecule has 100 valence electrons. The van der Waals surface area contributed by atoms with Gasteiger partial charge in [-0.05, 0) is 31.5 Å². The third kappa shape index (κ3) is 3.35. The van der Waals surface area contributed by atoms with Crippen molar-refractivity contribution < 1.29 is 4.79 Å². The van der Waals surface area contributed by atoms with Gasteiger partial charge in [0.2, 0.25) is 5.13 Å². The molecule has 0 spiro atoms. The predicted octanol–water partition coefficient (Wildman–Crippen LogP) is 2.93. The van der Waals surface area contributed by atoms with Crippen LogP contribution in [0.15, 0.2) is 12.1 Å². The zero-order chi connectivity index (χ0) is 14.0. The summed E-state index contributed by atoms with van der Waals surface area (Å²) in [5, 5.41) is 12.1. The van der Waals surface area contributed by atoms with Crippen molar-refractivity contribution in [3.8, 4) is 0 Å². The Labute approximate surface area is 116 Å². The zero-order valence-electron chi connectivity index (χ0n) is 11.4. The number of aryl methyl sites for hydroxylation is 2. The highest BCUT2D eigenvalue weighted by molar-refractivity contribution is 7.15. The quantitative estimate of drug-likeness (QED) is 0.936. The van der Waals surface area contributed by atoms with E-state index in [1.165, 1.54) is 11.3 Å². The van der Waals surface area contributed by atoms with Crippen molar-refractivity contribution in [3.05, 3.63) is 34.1 Å². The van der Waals surface area contributed by atoms with Crippen molar-refractivity contribution in [3.63, 3.8) is 0 Å². The van der Waals surface area contributed by atoms with E-state index in [1.54, 1.807) is 6.07 Å². The molecule has 0 unspecified atom stereocenters. The first kappa shape index (κ1) is 13.6. The largest absolute Gasteiger partial charge is 0.295 e. The highest BCUT2D eigenvalue weighted by Gasteiger charge is 2.13. The SMILES string of the molecule is Cc1cc(C)nc(C(=O)Nc2nnc(C(C)C)s2)c1. The van der Waals surface area contributed by atoms with E-state index in [9.17, 15) is 4.79 Å². The summed E-state index contributed by atoms with van der Waals surface area (Å²) in [6, 6.07) is 3.69. The molecule has 2 aromatic rings. The molecule has 2 aromatic heterocycles. The number of amides is 1. The lowest BCUT2D eigenvalue weighted by atomic mass is 10.2. The molecule has 0 fully saturated rings. The maximum atomic E-state index is 12.1. The van der Waals surface area contributed by atoms with Crippen LogP contribution in [0.2, 0.25) is 0 Å². The summed E-state index contributed by atoms with van der Waals surface area (Å²) in [7, 11) is 0.